The Balaban J connectivity index is -0.0000000450. The van der Waals surface area contributed by atoms with Crippen LogP contribution in [0.25, 0.3) is 0 Å². The first-order chi connectivity index (χ1) is 1.73. The molecule has 0 fully saturated rings. The molecule has 0 rings (SSSR count). The molecule has 0 unspecified atom stereocenters. The summed E-state index contributed by atoms with van der Waals surface area (Å²) in [4.78, 5) is 0. The molecule has 6 heteroatoms. The number of hydrogen-bond acceptors (Lipinski definition) is 0. The molecule has 4 N–H and O–H groups in total. The Bertz CT molecular complexity index is 13.5. The second-order valence-electron chi connectivity index (χ2n) is 0.192. The summed E-state index contributed by atoms with van der Waals surface area (Å²) in [5.41, 5.74) is 0. The van der Waals surface area contributed by atoms with Crippen molar-refractivity contribution in [3.8, 4) is 0 Å². The van der Waals surface area contributed by atoms with Gasteiger partial charge in [0.05, 0.1) is 0 Å². The minimum absolute atomic E-state index is 0. The molecule has 0 spiro atoms. The van der Waals surface area contributed by atoms with Crippen LogP contribution < -0.4 is 0 Å². The molecule has 42 valence electrons. The van der Waals surface area contributed by atoms with E-state index in [1.54, 1.807) is 0 Å². The van der Waals surface area contributed by atoms with Crippen LogP contribution in [0.1, 0.15) is 0 Å². The van der Waals surface area contributed by atoms with Crippen molar-refractivity contribution in [1.82, 2.24) is 0 Å². The molecule has 0 amide bonds. The van der Waals surface area contributed by atoms with Crippen LogP contribution in [0, 0.1) is 0 Å². The Labute approximate surface area is 61.3 Å². The van der Waals surface area contributed by atoms with E-state index in [1.165, 1.54) is 0 Å². The monoisotopic (exact) mass is 454 g/mol. The van der Waals surface area contributed by atoms with Gasteiger partial charge in [0.2, 0.25) is 0 Å². The number of rotatable bonds is 0. The maximum absolute atomic E-state index is 3.31. The fourth-order valence-corrected chi connectivity index (χ4v) is 0. The molecule has 2 nitrogen and oxygen atoms in total. The molecule has 0 radical (unpaired) electrons. The number of hydrogen-bond donors (Lipinski definition) is 0. The van der Waals surface area contributed by atoms with Crippen molar-refractivity contribution >= 4 is 39.1 Å². The van der Waals surface area contributed by atoms with E-state index in [0.717, 1.165) is 0 Å². The summed E-state index contributed by atoms with van der Waals surface area (Å²) in [7, 11) is 0. The van der Waals surface area contributed by atoms with Crippen molar-refractivity contribution in [2.75, 3.05) is 0 Å². The second kappa shape index (κ2) is 10.2. The SMILES string of the molecule is O.O.[Br][Ta]([Br])[Br]. The van der Waals surface area contributed by atoms with Crippen molar-refractivity contribution < 1.29 is 23.0 Å². The van der Waals surface area contributed by atoms with Gasteiger partial charge in [-0.3, -0.25) is 0 Å². The van der Waals surface area contributed by atoms with Gasteiger partial charge < -0.3 is 11.0 Å². The van der Waals surface area contributed by atoms with Crippen LogP contribution in [-0.4, -0.2) is 11.0 Å². The van der Waals surface area contributed by atoms with Crippen molar-refractivity contribution in [1.29, 1.82) is 0 Å². The van der Waals surface area contributed by atoms with Crippen LogP contribution in [-0.2, 0) is 12.0 Å². The summed E-state index contributed by atoms with van der Waals surface area (Å²) in [5.74, 6) is 0. The Morgan fingerprint density at radius 3 is 0.833 bits per heavy atom. The zero-order valence-corrected chi connectivity index (χ0v) is 10.6. The molecule has 0 saturated carbocycles. The Morgan fingerprint density at radius 1 is 0.833 bits per heavy atom. The molecular weight excluding hydrogens is 453 g/mol. The standard InChI is InChI=1S/3BrH.2H2O.Ta/h3*1H;2*1H2;/q;;;;;+3/p-3. The Morgan fingerprint density at radius 2 is 0.833 bits per heavy atom. The van der Waals surface area contributed by atoms with Gasteiger partial charge in [0.15, 0.2) is 0 Å². The van der Waals surface area contributed by atoms with Gasteiger partial charge in [-0.2, -0.15) is 0 Å². The molecule has 0 aromatic carbocycles. The summed E-state index contributed by atoms with van der Waals surface area (Å²) >= 11 is 8.77. The zero-order valence-electron chi connectivity index (χ0n) is 2.58. The van der Waals surface area contributed by atoms with Gasteiger partial charge in [-0.1, -0.05) is 0 Å². The summed E-state index contributed by atoms with van der Waals surface area (Å²) < 4.78 is 0. The van der Waals surface area contributed by atoms with E-state index in [2.05, 4.69) is 39.1 Å². The van der Waals surface area contributed by atoms with Crippen LogP contribution in [0.2, 0.25) is 0 Å². The predicted octanol–water partition coefficient (Wildman–Crippen LogP) is 0.885. The van der Waals surface area contributed by atoms with Crippen molar-refractivity contribution in [3.05, 3.63) is 0 Å². The molecular formula is H4Br3O2Ta. The van der Waals surface area contributed by atoms with Gasteiger partial charge in [-0.05, 0) is 0 Å². The fraction of sp³-hybridized carbons (Fsp3) is 0. The summed E-state index contributed by atoms with van der Waals surface area (Å²) in [6.07, 6.45) is 0. The summed E-state index contributed by atoms with van der Waals surface area (Å²) in [6.45, 7) is 0. The third kappa shape index (κ3) is 36.0. The van der Waals surface area contributed by atoms with E-state index in [9.17, 15) is 0 Å². The van der Waals surface area contributed by atoms with Gasteiger partial charge in [0, 0.05) is 0 Å². The van der Waals surface area contributed by atoms with Gasteiger partial charge >= 0.3 is 51.1 Å². The third-order valence-electron chi connectivity index (χ3n) is 0. The van der Waals surface area contributed by atoms with E-state index in [4.69, 9.17) is 0 Å². The molecule has 0 bridgehead atoms. The minimum atomic E-state index is -1.16. The van der Waals surface area contributed by atoms with E-state index in [-0.39, 0.29) is 11.0 Å². The normalized spacial score (nSPS) is 6.00. The van der Waals surface area contributed by atoms with E-state index in [0.29, 0.717) is 0 Å². The predicted molar refractivity (Wildman–Crippen MR) is 34.0 cm³/mol. The maximum atomic E-state index is 3.31. The Hall–Kier alpha value is 2.10. The molecule has 0 aliphatic rings. The van der Waals surface area contributed by atoms with Crippen LogP contribution in [0.15, 0.2) is 0 Å². The molecule has 0 heterocycles. The van der Waals surface area contributed by atoms with Crippen LogP contribution in [0.5, 0.6) is 0 Å². The van der Waals surface area contributed by atoms with Gasteiger partial charge in [-0.15, -0.1) is 0 Å². The number of halogens is 3. The van der Waals surface area contributed by atoms with E-state index in [1.807, 2.05) is 0 Å². The van der Waals surface area contributed by atoms with Gasteiger partial charge in [-0.25, -0.2) is 0 Å². The topological polar surface area (TPSA) is 63.0 Å². The van der Waals surface area contributed by atoms with E-state index < -0.39 is 12.0 Å². The van der Waals surface area contributed by atoms with Crippen LogP contribution in [0.3, 0.4) is 0 Å². The first-order valence-corrected chi connectivity index (χ1v) is 21.6. The molecule has 0 aliphatic carbocycles. The van der Waals surface area contributed by atoms with Crippen LogP contribution >= 0.6 is 39.1 Å². The fourth-order valence-electron chi connectivity index (χ4n) is 0. The first kappa shape index (κ1) is 15.7. The first-order valence-electron chi connectivity index (χ1n) is 0.507. The Kier molecular flexibility index (Phi) is 26.6. The van der Waals surface area contributed by atoms with Gasteiger partial charge in [0.1, 0.15) is 0 Å². The molecule has 0 atom stereocenters. The molecule has 0 aromatic heterocycles. The zero-order chi connectivity index (χ0) is 3.58. The average molecular weight is 457 g/mol. The molecule has 0 aliphatic heterocycles. The summed E-state index contributed by atoms with van der Waals surface area (Å²) in [5, 5.41) is 0. The third-order valence-corrected chi connectivity index (χ3v) is 0. The molecule has 0 saturated heterocycles. The van der Waals surface area contributed by atoms with Crippen molar-refractivity contribution in [2.45, 2.75) is 0 Å². The van der Waals surface area contributed by atoms with E-state index >= 15 is 0 Å². The van der Waals surface area contributed by atoms with Crippen molar-refractivity contribution in [3.63, 3.8) is 0 Å². The molecule has 6 heavy (non-hydrogen) atoms. The average Bonchev–Trinajstić information content (AvgIpc) is 0.811. The quantitative estimate of drug-likeness (QED) is 0.520. The second-order valence-corrected chi connectivity index (χ2v) is 42.4. The molecule has 0 aromatic rings. The van der Waals surface area contributed by atoms with Gasteiger partial charge in [0.25, 0.3) is 0 Å². The summed E-state index contributed by atoms with van der Waals surface area (Å²) in [6, 6.07) is 0. The van der Waals surface area contributed by atoms with Crippen molar-refractivity contribution in [2.24, 2.45) is 0 Å². The van der Waals surface area contributed by atoms with Crippen LogP contribution in [0.4, 0.5) is 0 Å².